The van der Waals surface area contributed by atoms with Gasteiger partial charge < -0.3 is 4.42 Å². The SMILES string of the molecule is C=C/C=c1/nc(C)o/c1=C/C.CC.CC. The Kier molecular flexibility index (Phi) is 11.6. The van der Waals surface area contributed by atoms with E-state index in [1.54, 1.807) is 6.08 Å². The van der Waals surface area contributed by atoms with Gasteiger partial charge in [0.05, 0.1) is 0 Å². The number of nitrogens with zero attached hydrogens (tertiary/aromatic N) is 1. The van der Waals surface area contributed by atoms with E-state index in [4.69, 9.17) is 4.42 Å². The van der Waals surface area contributed by atoms with Crippen molar-refractivity contribution in [3.05, 3.63) is 29.3 Å². The van der Waals surface area contributed by atoms with Crippen LogP contribution in [0.25, 0.3) is 12.2 Å². The molecule has 0 aliphatic heterocycles. The van der Waals surface area contributed by atoms with Crippen LogP contribution >= 0.6 is 0 Å². The first kappa shape index (κ1) is 16.1. The Balaban J connectivity index is 0. The van der Waals surface area contributed by atoms with E-state index in [9.17, 15) is 0 Å². The Morgan fingerprint density at radius 1 is 1.20 bits per heavy atom. The second-order valence-electron chi connectivity index (χ2n) is 2.17. The summed E-state index contributed by atoms with van der Waals surface area (Å²) in [5.41, 5.74) is 0.808. The van der Waals surface area contributed by atoms with Crippen molar-refractivity contribution in [2.75, 3.05) is 0 Å². The van der Waals surface area contributed by atoms with Crippen LogP contribution in [0.4, 0.5) is 0 Å². The van der Waals surface area contributed by atoms with E-state index in [1.807, 2.05) is 53.7 Å². The van der Waals surface area contributed by atoms with Gasteiger partial charge in [-0.1, -0.05) is 40.3 Å². The molecule has 2 heteroatoms. The Hall–Kier alpha value is -1.31. The number of hydrogen-bond donors (Lipinski definition) is 0. The van der Waals surface area contributed by atoms with Crippen LogP contribution in [0.3, 0.4) is 0 Å². The zero-order valence-corrected chi connectivity index (χ0v) is 10.8. The van der Waals surface area contributed by atoms with Crippen molar-refractivity contribution in [1.29, 1.82) is 0 Å². The third kappa shape index (κ3) is 5.89. The second kappa shape index (κ2) is 10.8. The minimum absolute atomic E-state index is 0.686. The summed E-state index contributed by atoms with van der Waals surface area (Å²) in [6, 6.07) is 0. The molecule has 15 heavy (non-hydrogen) atoms. The van der Waals surface area contributed by atoms with E-state index in [2.05, 4.69) is 11.6 Å². The zero-order valence-electron chi connectivity index (χ0n) is 10.8. The quantitative estimate of drug-likeness (QED) is 0.711. The standard InChI is InChI=1S/C9H11NO.2C2H6/c1-4-6-8-9(5-2)11-7(3)10-8;2*1-2/h4-6H,1H2,2-3H3;2*1-2H3/b8-6+,9-5+;;. The molecule has 0 saturated carbocycles. The Bertz CT molecular complexity index is 360. The van der Waals surface area contributed by atoms with E-state index in [1.165, 1.54) is 0 Å². The van der Waals surface area contributed by atoms with Gasteiger partial charge in [0.1, 0.15) is 5.35 Å². The molecule has 1 heterocycles. The predicted octanol–water partition coefficient (Wildman–Crippen LogP) is 2.80. The molecule has 0 fully saturated rings. The highest BCUT2D eigenvalue weighted by Gasteiger charge is 1.91. The lowest BCUT2D eigenvalue weighted by molar-refractivity contribution is 0.491. The number of allylic oxidation sites excluding steroid dienone is 1. The number of aryl methyl sites for hydroxylation is 1. The molecule has 1 aromatic heterocycles. The fraction of sp³-hybridized carbons (Fsp3) is 0.462. The van der Waals surface area contributed by atoms with Gasteiger partial charge in [-0.3, -0.25) is 0 Å². The minimum Gasteiger partial charge on any atom is -0.441 e. The summed E-state index contributed by atoms with van der Waals surface area (Å²) in [6.07, 6.45) is 5.41. The van der Waals surface area contributed by atoms with Crippen LogP contribution in [0, 0.1) is 6.92 Å². The molecule has 0 aliphatic rings. The lowest BCUT2D eigenvalue weighted by Gasteiger charge is -1.71. The summed E-state index contributed by atoms with van der Waals surface area (Å²) in [7, 11) is 0. The molecule has 0 radical (unpaired) electrons. The molecule has 0 aliphatic carbocycles. The lowest BCUT2D eigenvalue weighted by Crippen LogP contribution is -2.20. The molecule has 0 atom stereocenters. The summed E-state index contributed by atoms with van der Waals surface area (Å²) in [5, 5.41) is 0.847. The molecule has 0 bridgehead atoms. The Morgan fingerprint density at radius 3 is 2.13 bits per heavy atom. The summed E-state index contributed by atoms with van der Waals surface area (Å²) < 4.78 is 5.27. The van der Waals surface area contributed by atoms with Crippen LogP contribution in [-0.2, 0) is 0 Å². The number of rotatable bonds is 1. The first-order valence-electron chi connectivity index (χ1n) is 5.50. The molecule has 0 amide bonds. The van der Waals surface area contributed by atoms with E-state index < -0.39 is 0 Å². The van der Waals surface area contributed by atoms with Gasteiger partial charge in [0.25, 0.3) is 0 Å². The third-order valence-electron chi connectivity index (χ3n) is 1.33. The van der Waals surface area contributed by atoms with Crippen molar-refractivity contribution in [1.82, 2.24) is 4.98 Å². The van der Waals surface area contributed by atoms with Crippen LogP contribution in [0.2, 0.25) is 0 Å². The van der Waals surface area contributed by atoms with Crippen molar-refractivity contribution >= 4 is 12.2 Å². The average molecular weight is 209 g/mol. The highest BCUT2D eigenvalue weighted by molar-refractivity contribution is 5.33. The summed E-state index contributed by atoms with van der Waals surface area (Å²) in [5.74, 6) is 0.686. The second-order valence-corrected chi connectivity index (χ2v) is 2.17. The van der Waals surface area contributed by atoms with Crippen molar-refractivity contribution in [3.8, 4) is 0 Å². The summed E-state index contributed by atoms with van der Waals surface area (Å²) in [4.78, 5) is 4.15. The summed E-state index contributed by atoms with van der Waals surface area (Å²) >= 11 is 0. The molecule has 2 nitrogen and oxygen atoms in total. The topological polar surface area (TPSA) is 26.0 Å². The van der Waals surface area contributed by atoms with Crippen LogP contribution in [-0.4, -0.2) is 4.98 Å². The fourth-order valence-corrected chi connectivity index (χ4v) is 0.897. The van der Waals surface area contributed by atoms with E-state index >= 15 is 0 Å². The molecular weight excluding hydrogens is 186 g/mol. The Morgan fingerprint density at radius 2 is 1.73 bits per heavy atom. The van der Waals surface area contributed by atoms with E-state index in [0.29, 0.717) is 5.89 Å². The van der Waals surface area contributed by atoms with Crippen LogP contribution in [0.5, 0.6) is 0 Å². The minimum atomic E-state index is 0.686. The lowest BCUT2D eigenvalue weighted by atomic mass is 10.4. The first-order valence-corrected chi connectivity index (χ1v) is 5.50. The van der Waals surface area contributed by atoms with Crippen LogP contribution in [0.15, 0.2) is 17.1 Å². The van der Waals surface area contributed by atoms with E-state index in [0.717, 1.165) is 10.8 Å². The van der Waals surface area contributed by atoms with Gasteiger partial charge in [-0.25, -0.2) is 4.98 Å². The molecule has 0 aromatic carbocycles. The van der Waals surface area contributed by atoms with Gasteiger partial charge in [-0.2, -0.15) is 0 Å². The largest absolute Gasteiger partial charge is 0.441 e. The van der Waals surface area contributed by atoms with Crippen LogP contribution < -0.4 is 10.8 Å². The van der Waals surface area contributed by atoms with Gasteiger partial charge in [-0.05, 0) is 19.1 Å². The van der Waals surface area contributed by atoms with Crippen molar-refractivity contribution in [2.24, 2.45) is 0 Å². The van der Waals surface area contributed by atoms with Gasteiger partial charge >= 0.3 is 0 Å². The normalized spacial score (nSPS) is 11.1. The average Bonchev–Trinajstić information content (AvgIpc) is 2.65. The molecule has 0 unspecified atom stereocenters. The van der Waals surface area contributed by atoms with Gasteiger partial charge in [0.15, 0.2) is 11.3 Å². The molecule has 86 valence electrons. The zero-order chi connectivity index (χ0) is 12.3. The molecule has 0 spiro atoms. The molecule has 0 N–H and O–H groups in total. The maximum Gasteiger partial charge on any atom is 0.192 e. The van der Waals surface area contributed by atoms with Crippen LogP contribution in [0.1, 0.15) is 40.5 Å². The first-order chi connectivity index (χ1) is 7.27. The third-order valence-corrected chi connectivity index (χ3v) is 1.33. The van der Waals surface area contributed by atoms with E-state index in [-0.39, 0.29) is 0 Å². The van der Waals surface area contributed by atoms with Gasteiger partial charge in [0.2, 0.25) is 0 Å². The maximum atomic E-state index is 5.27. The molecular formula is C13H23NO. The van der Waals surface area contributed by atoms with Crippen molar-refractivity contribution in [3.63, 3.8) is 0 Å². The maximum absolute atomic E-state index is 5.27. The monoisotopic (exact) mass is 209 g/mol. The number of oxazole rings is 1. The number of hydrogen-bond acceptors (Lipinski definition) is 2. The highest BCUT2D eigenvalue weighted by atomic mass is 16.3. The molecule has 1 rings (SSSR count). The number of aromatic nitrogens is 1. The molecule has 0 saturated heterocycles. The smallest absolute Gasteiger partial charge is 0.192 e. The highest BCUT2D eigenvalue weighted by Crippen LogP contribution is 1.79. The van der Waals surface area contributed by atoms with Gasteiger partial charge in [0, 0.05) is 6.92 Å². The Labute approximate surface area is 93.0 Å². The van der Waals surface area contributed by atoms with Gasteiger partial charge in [-0.15, -0.1) is 0 Å². The van der Waals surface area contributed by atoms with Crippen molar-refractivity contribution in [2.45, 2.75) is 41.5 Å². The predicted molar refractivity (Wildman–Crippen MR) is 68.0 cm³/mol. The molecule has 1 aromatic rings. The fourth-order valence-electron chi connectivity index (χ4n) is 0.897. The summed E-state index contributed by atoms with van der Waals surface area (Å²) in [6.45, 7) is 15.3. The van der Waals surface area contributed by atoms with Crippen molar-refractivity contribution < 1.29 is 4.42 Å².